The number of nitrogens with one attached hydrogen (secondary N) is 1. The normalized spacial score (nSPS) is 26.3. The topological polar surface area (TPSA) is 48.6 Å². The fourth-order valence-electron chi connectivity index (χ4n) is 2.50. The Morgan fingerprint density at radius 1 is 1.29 bits per heavy atom. The van der Waals surface area contributed by atoms with Crippen molar-refractivity contribution in [3.05, 3.63) is 23.7 Å². The summed E-state index contributed by atoms with van der Waals surface area (Å²) in [5.74, 6) is 1.50. The van der Waals surface area contributed by atoms with E-state index in [-0.39, 0.29) is 6.61 Å². The molecule has 0 aliphatic carbocycles. The molecule has 1 aliphatic heterocycles. The summed E-state index contributed by atoms with van der Waals surface area (Å²) < 4.78 is 5.46. The molecule has 1 aromatic heterocycles. The van der Waals surface area contributed by atoms with Crippen molar-refractivity contribution >= 4 is 0 Å². The Hall–Kier alpha value is -0.840. The lowest BCUT2D eigenvalue weighted by molar-refractivity contribution is 0.0408. The fourth-order valence-corrected chi connectivity index (χ4v) is 2.50. The summed E-state index contributed by atoms with van der Waals surface area (Å²) in [6.45, 7) is 5.17. The molecular formula is C13H22N2O2. The Labute approximate surface area is 103 Å². The van der Waals surface area contributed by atoms with Crippen LogP contribution in [-0.2, 0) is 13.2 Å². The van der Waals surface area contributed by atoms with E-state index < -0.39 is 0 Å². The molecule has 0 bridgehead atoms. The van der Waals surface area contributed by atoms with Gasteiger partial charge in [-0.1, -0.05) is 6.42 Å². The first-order valence-electron chi connectivity index (χ1n) is 6.41. The van der Waals surface area contributed by atoms with Gasteiger partial charge in [-0.15, -0.1) is 0 Å². The quantitative estimate of drug-likeness (QED) is 0.842. The zero-order valence-corrected chi connectivity index (χ0v) is 10.6. The average molecular weight is 238 g/mol. The summed E-state index contributed by atoms with van der Waals surface area (Å²) in [7, 11) is 0. The van der Waals surface area contributed by atoms with E-state index in [0.29, 0.717) is 24.4 Å². The summed E-state index contributed by atoms with van der Waals surface area (Å²) in [5, 5.41) is 11.3. The van der Waals surface area contributed by atoms with Crippen molar-refractivity contribution in [3.8, 4) is 0 Å². The summed E-state index contributed by atoms with van der Waals surface area (Å²) in [4.78, 5) is 0. The highest BCUT2D eigenvalue weighted by Crippen LogP contribution is 2.20. The second-order valence-corrected chi connectivity index (χ2v) is 4.90. The molecule has 2 N–H and O–H groups in total. The van der Waals surface area contributed by atoms with Crippen LogP contribution < -0.4 is 5.43 Å². The second-order valence-electron chi connectivity index (χ2n) is 4.90. The SMILES string of the molecule is CC1CCCC(C)N1NCc1ccc(CO)o1. The largest absolute Gasteiger partial charge is 0.462 e. The lowest BCUT2D eigenvalue weighted by Gasteiger charge is -2.38. The minimum atomic E-state index is -0.0312. The minimum Gasteiger partial charge on any atom is -0.462 e. The predicted octanol–water partition coefficient (Wildman–Crippen LogP) is 2.04. The molecule has 4 nitrogen and oxygen atoms in total. The Kier molecular flexibility index (Phi) is 4.20. The van der Waals surface area contributed by atoms with Crippen LogP contribution >= 0.6 is 0 Å². The molecule has 1 fully saturated rings. The maximum atomic E-state index is 8.93. The van der Waals surface area contributed by atoms with Crippen LogP contribution in [0.4, 0.5) is 0 Å². The van der Waals surface area contributed by atoms with E-state index in [1.54, 1.807) is 0 Å². The van der Waals surface area contributed by atoms with Crippen molar-refractivity contribution in [2.75, 3.05) is 0 Å². The molecule has 0 aromatic carbocycles. The first-order chi connectivity index (χ1) is 8.20. The molecule has 1 saturated heterocycles. The lowest BCUT2D eigenvalue weighted by atomic mass is 10.00. The molecule has 0 amide bonds. The van der Waals surface area contributed by atoms with Crippen molar-refractivity contribution in [2.24, 2.45) is 0 Å². The van der Waals surface area contributed by atoms with Crippen LogP contribution in [0, 0.1) is 0 Å². The fraction of sp³-hybridized carbons (Fsp3) is 0.692. The summed E-state index contributed by atoms with van der Waals surface area (Å²) >= 11 is 0. The van der Waals surface area contributed by atoms with Crippen LogP contribution in [0.5, 0.6) is 0 Å². The van der Waals surface area contributed by atoms with Crippen LogP contribution in [-0.4, -0.2) is 22.2 Å². The predicted molar refractivity (Wildman–Crippen MR) is 66.1 cm³/mol. The Morgan fingerprint density at radius 3 is 2.53 bits per heavy atom. The Bertz CT molecular complexity index is 341. The van der Waals surface area contributed by atoms with E-state index in [1.165, 1.54) is 19.3 Å². The third-order valence-electron chi connectivity index (χ3n) is 3.50. The number of hydrogen-bond donors (Lipinski definition) is 2. The number of hydrazine groups is 1. The minimum absolute atomic E-state index is 0.0312. The molecule has 0 radical (unpaired) electrons. The smallest absolute Gasteiger partial charge is 0.129 e. The van der Waals surface area contributed by atoms with Crippen molar-refractivity contribution in [3.63, 3.8) is 0 Å². The van der Waals surface area contributed by atoms with Crippen molar-refractivity contribution in [2.45, 2.75) is 58.3 Å². The molecule has 17 heavy (non-hydrogen) atoms. The molecule has 0 saturated carbocycles. The van der Waals surface area contributed by atoms with Gasteiger partial charge in [0, 0.05) is 12.1 Å². The lowest BCUT2D eigenvalue weighted by Crippen LogP contribution is -2.51. The molecular weight excluding hydrogens is 216 g/mol. The zero-order valence-electron chi connectivity index (χ0n) is 10.6. The van der Waals surface area contributed by atoms with E-state index in [2.05, 4.69) is 24.3 Å². The average Bonchev–Trinajstić information content (AvgIpc) is 2.76. The maximum absolute atomic E-state index is 8.93. The van der Waals surface area contributed by atoms with Crippen molar-refractivity contribution < 1.29 is 9.52 Å². The summed E-state index contributed by atoms with van der Waals surface area (Å²) in [6.07, 6.45) is 3.81. The maximum Gasteiger partial charge on any atom is 0.129 e. The van der Waals surface area contributed by atoms with Gasteiger partial charge >= 0.3 is 0 Å². The van der Waals surface area contributed by atoms with E-state index in [1.807, 2.05) is 12.1 Å². The van der Waals surface area contributed by atoms with Crippen molar-refractivity contribution in [1.82, 2.24) is 10.4 Å². The number of aliphatic hydroxyl groups excluding tert-OH is 1. The van der Waals surface area contributed by atoms with Gasteiger partial charge in [0.15, 0.2) is 0 Å². The molecule has 2 unspecified atom stereocenters. The molecule has 2 heterocycles. The van der Waals surface area contributed by atoms with Gasteiger partial charge in [0.05, 0.1) is 6.54 Å². The van der Waals surface area contributed by atoms with Gasteiger partial charge in [-0.25, -0.2) is 10.4 Å². The Balaban J connectivity index is 1.87. The van der Waals surface area contributed by atoms with Gasteiger partial charge in [-0.3, -0.25) is 0 Å². The third kappa shape index (κ3) is 3.09. The van der Waals surface area contributed by atoms with E-state index in [9.17, 15) is 0 Å². The molecule has 96 valence electrons. The van der Waals surface area contributed by atoms with Gasteiger partial charge in [0.2, 0.25) is 0 Å². The number of rotatable bonds is 4. The van der Waals surface area contributed by atoms with Gasteiger partial charge < -0.3 is 9.52 Å². The van der Waals surface area contributed by atoms with Gasteiger partial charge in [0.25, 0.3) is 0 Å². The van der Waals surface area contributed by atoms with Crippen molar-refractivity contribution in [1.29, 1.82) is 0 Å². The summed E-state index contributed by atoms with van der Waals surface area (Å²) in [5.41, 5.74) is 3.43. The number of nitrogens with zero attached hydrogens (tertiary/aromatic N) is 1. The number of hydrogen-bond acceptors (Lipinski definition) is 4. The Morgan fingerprint density at radius 2 is 1.94 bits per heavy atom. The molecule has 2 rings (SSSR count). The first kappa shape index (κ1) is 12.6. The molecule has 1 aliphatic rings. The van der Waals surface area contributed by atoms with Gasteiger partial charge in [-0.2, -0.15) is 0 Å². The number of piperidine rings is 1. The molecule has 0 spiro atoms. The highest BCUT2D eigenvalue weighted by molar-refractivity contribution is 5.06. The molecule has 1 aromatic rings. The highest BCUT2D eigenvalue weighted by atomic mass is 16.4. The third-order valence-corrected chi connectivity index (χ3v) is 3.50. The number of aliphatic hydroxyl groups is 1. The van der Waals surface area contributed by atoms with Crippen LogP contribution in [0.3, 0.4) is 0 Å². The standard InChI is InChI=1S/C13H22N2O2/c1-10-4-3-5-11(2)15(10)14-8-12-6-7-13(9-16)17-12/h6-7,10-11,14,16H,3-5,8-9H2,1-2H3. The van der Waals surface area contributed by atoms with Crippen LogP contribution in [0.1, 0.15) is 44.6 Å². The molecule has 2 atom stereocenters. The van der Waals surface area contributed by atoms with Gasteiger partial charge in [0.1, 0.15) is 18.1 Å². The first-order valence-corrected chi connectivity index (χ1v) is 6.41. The van der Waals surface area contributed by atoms with E-state index >= 15 is 0 Å². The van der Waals surface area contributed by atoms with E-state index in [0.717, 1.165) is 5.76 Å². The van der Waals surface area contributed by atoms with E-state index in [4.69, 9.17) is 9.52 Å². The monoisotopic (exact) mass is 238 g/mol. The molecule has 4 heteroatoms. The zero-order chi connectivity index (χ0) is 12.3. The van der Waals surface area contributed by atoms with Crippen LogP contribution in [0.2, 0.25) is 0 Å². The van der Waals surface area contributed by atoms with Gasteiger partial charge in [-0.05, 0) is 38.8 Å². The van der Waals surface area contributed by atoms with Crippen LogP contribution in [0.25, 0.3) is 0 Å². The number of furan rings is 1. The highest BCUT2D eigenvalue weighted by Gasteiger charge is 2.24. The summed E-state index contributed by atoms with van der Waals surface area (Å²) in [6, 6.07) is 4.88. The second kappa shape index (κ2) is 5.67. The van der Waals surface area contributed by atoms with Crippen LogP contribution in [0.15, 0.2) is 16.5 Å².